The van der Waals surface area contributed by atoms with Gasteiger partial charge in [-0.3, -0.25) is 19.5 Å². The van der Waals surface area contributed by atoms with Crippen LogP contribution in [-0.4, -0.2) is 80.3 Å². The summed E-state index contributed by atoms with van der Waals surface area (Å²) in [6.45, 7) is 8.45. The summed E-state index contributed by atoms with van der Waals surface area (Å²) in [4.78, 5) is 35.2. The number of nitrogens with one attached hydrogen (secondary N) is 1. The Morgan fingerprint density at radius 3 is 2.50 bits per heavy atom. The smallest absolute Gasteiger partial charge is 0.246 e. The van der Waals surface area contributed by atoms with E-state index in [0.29, 0.717) is 25.6 Å². The second kappa shape index (κ2) is 15.6. The van der Waals surface area contributed by atoms with Crippen molar-refractivity contribution in [1.29, 1.82) is 0 Å². The average Bonchev–Trinajstić information content (AvgIpc) is 3.70. The Bertz CT molecular complexity index is 1650. The standard InChI is InChI=1S/C38H49N7O3/c1-38(2,3)29-13-15-31(16-14-29)45-35(25-34(42-45)28-8-5-20-40-26-28)41-21-6-10-36(47)44(23-19-30-9-7-22-43(30)4)37(48)33(39)24-27-11-17-32(46)18-12-27/h5,8,11-18,20,25-26,30,33,41,46H,6-7,9-10,19,21-24,39H2,1-4H3. The zero-order chi connectivity index (χ0) is 34.3. The van der Waals surface area contributed by atoms with E-state index in [4.69, 9.17) is 10.8 Å². The van der Waals surface area contributed by atoms with Gasteiger partial charge in [0.05, 0.1) is 17.4 Å². The first-order valence-electron chi connectivity index (χ1n) is 16.9. The average molecular weight is 652 g/mol. The Balaban J connectivity index is 1.26. The third-order valence-electron chi connectivity index (χ3n) is 9.15. The highest BCUT2D eigenvalue weighted by Gasteiger charge is 2.29. The number of nitrogens with zero attached hydrogens (tertiary/aromatic N) is 5. The van der Waals surface area contributed by atoms with Crippen LogP contribution in [0.2, 0.25) is 0 Å². The molecule has 1 saturated heterocycles. The minimum atomic E-state index is -0.858. The Morgan fingerprint density at radius 2 is 1.85 bits per heavy atom. The molecule has 0 spiro atoms. The van der Waals surface area contributed by atoms with Crippen LogP contribution in [-0.2, 0) is 21.4 Å². The van der Waals surface area contributed by atoms with Crippen LogP contribution in [0.15, 0.2) is 79.1 Å². The van der Waals surface area contributed by atoms with Crippen LogP contribution < -0.4 is 11.1 Å². The molecule has 0 aliphatic carbocycles. The molecule has 1 aliphatic rings. The Kier molecular flexibility index (Phi) is 11.3. The molecule has 2 unspecified atom stereocenters. The number of hydrogen-bond acceptors (Lipinski definition) is 8. The SMILES string of the molecule is CN1CCCC1CCN(C(=O)CCCNc1cc(-c2cccnc2)nn1-c1ccc(C(C)(C)C)cc1)C(=O)C(N)Cc1ccc(O)cc1. The number of likely N-dealkylation sites (tertiary alicyclic amines) is 1. The summed E-state index contributed by atoms with van der Waals surface area (Å²) in [5.74, 6) is 0.378. The van der Waals surface area contributed by atoms with E-state index in [-0.39, 0.29) is 35.8 Å². The highest BCUT2D eigenvalue weighted by Crippen LogP contribution is 2.27. The zero-order valence-corrected chi connectivity index (χ0v) is 28.6. The number of nitrogens with two attached hydrogens (primary N) is 1. The molecule has 4 N–H and O–H groups in total. The summed E-state index contributed by atoms with van der Waals surface area (Å²) in [6, 6.07) is 20.4. The van der Waals surface area contributed by atoms with Crippen molar-refractivity contribution in [1.82, 2.24) is 24.6 Å². The summed E-state index contributed by atoms with van der Waals surface area (Å²) in [7, 11) is 2.09. The number of amides is 2. The lowest BCUT2D eigenvalue weighted by Crippen LogP contribution is -2.49. The number of carbonyl (C=O) groups excluding carboxylic acids is 2. The molecular formula is C38H49N7O3. The number of hydrogen-bond donors (Lipinski definition) is 3. The lowest BCUT2D eigenvalue weighted by atomic mass is 9.87. The molecule has 48 heavy (non-hydrogen) atoms. The number of carbonyl (C=O) groups is 2. The lowest BCUT2D eigenvalue weighted by molar-refractivity contribution is -0.146. The van der Waals surface area contributed by atoms with Crippen molar-refractivity contribution in [2.24, 2.45) is 5.73 Å². The molecule has 2 aromatic heterocycles. The van der Waals surface area contributed by atoms with Crippen LogP contribution in [0.25, 0.3) is 16.9 Å². The Morgan fingerprint density at radius 1 is 1.10 bits per heavy atom. The molecule has 1 aliphatic heterocycles. The second-order valence-corrected chi connectivity index (χ2v) is 13.8. The fourth-order valence-electron chi connectivity index (χ4n) is 6.21. The van der Waals surface area contributed by atoms with Crippen molar-refractivity contribution in [2.75, 3.05) is 32.0 Å². The summed E-state index contributed by atoms with van der Waals surface area (Å²) >= 11 is 0. The van der Waals surface area contributed by atoms with Crippen LogP contribution in [0.1, 0.15) is 64.0 Å². The maximum Gasteiger partial charge on any atom is 0.246 e. The van der Waals surface area contributed by atoms with Gasteiger partial charge in [0, 0.05) is 49.6 Å². The van der Waals surface area contributed by atoms with E-state index in [9.17, 15) is 14.7 Å². The molecule has 254 valence electrons. The van der Waals surface area contributed by atoms with E-state index < -0.39 is 6.04 Å². The molecular weight excluding hydrogens is 602 g/mol. The molecule has 0 radical (unpaired) electrons. The van der Waals surface area contributed by atoms with E-state index in [1.807, 2.05) is 22.9 Å². The first-order chi connectivity index (χ1) is 23.0. The van der Waals surface area contributed by atoms with Gasteiger partial charge in [0.1, 0.15) is 11.6 Å². The van der Waals surface area contributed by atoms with Crippen molar-refractivity contribution < 1.29 is 14.7 Å². The van der Waals surface area contributed by atoms with Crippen LogP contribution in [0.3, 0.4) is 0 Å². The number of aromatic nitrogens is 3. The van der Waals surface area contributed by atoms with E-state index in [2.05, 4.69) is 67.3 Å². The molecule has 3 heterocycles. The highest BCUT2D eigenvalue weighted by molar-refractivity contribution is 5.97. The Labute approximate surface area is 284 Å². The van der Waals surface area contributed by atoms with Crippen LogP contribution in [0.4, 0.5) is 5.82 Å². The minimum Gasteiger partial charge on any atom is -0.508 e. The summed E-state index contributed by atoms with van der Waals surface area (Å²) in [5.41, 5.74) is 11.1. The third-order valence-corrected chi connectivity index (χ3v) is 9.15. The van der Waals surface area contributed by atoms with E-state index >= 15 is 0 Å². The predicted molar refractivity (Wildman–Crippen MR) is 190 cm³/mol. The van der Waals surface area contributed by atoms with Gasteiger partial charge < -0.3 is 21.1 Å². The fourth-order valence-corrected chi connectivity index (χ4v) is 6.21. The molecule has 0 saturated carbocycles. The van der Waals surface area contributed by atoms with Crippen LogP contribution in [0.5, 0.6) is 5.75 Å². The van der Waals surface area contributed by atoms with E-state index in [0.717, 1.165) is 54.1 Å². The minimum absolute atomic E-state index is 0.0366. The van der Waals surface area contributed by atoms with Crippen LogP contribution in [0, 0.1) is 0 Å². The van der Waals surface area contributed by atoms with Gasteiger partial charge in [0.15, 0.2) is 0 Å². The molecule has 10 nitrogen and oxygen atoms in total. The van der Waals surface area contributed by atoms with E-state index in [1.54, 1.807) is 36.7 Å². The lowest BCUT2D eigenvalue weighted by Gasteiger charge is -2.27. The number of phenolic OH excluding ortho intramolecular Hbond substituents is 1. The maximum absolute atomic E-state index is 13.6. The fraction of sp³-hybridized carbons (Fsp3) is 0.421. The van der Waals surface area contributed by atoms with Gasteiger partial charge in [-0.15, -0.1) is 0 Å². The Hall–Kier alpha value is -4.54. The van der Waals surface area contributed by atoms with E-state index in [1.165, 1.54) is 10.5 Å². The highest BCUT2D eigenvalue weighted by atomic mass is 16.3. The van der Waals surface area contributed by atoms with Gasteiger partial charge in [-0.05, 0) is 98.6 Å². The van der Waals surface area contributed by atoms with Crippen molar-refractivity contribution >= 4 is 17.6 Å². The number of pyridine rings is 1. The van der Waals surface area contributed by atoms with Crippen LogP contribution >= 0.6 is 0 Å². The largest absolute Gasteiger partial charge is 0.508 e. The topological polar surface area (TPSA) is 130 Å². The summed E-state index contributed by atoms with van der Waals surface area (Å²) < 4.78 is 1.88. The van der Waals surface area contributed by atoms with Crippen molar-refractivity contribution in [3.8, 4) is 22.7 Å². The molecule has 0 bridgehead atoms. The summed E-state index contributed by atoms with van der Waals surface area (Å²) in [6.07, 6.45) is 7.45. The number of aromatic hydroxyl groups is 1. The van der Waals surface area contributed by atoms with Crippen molar-refractivity contribution in [3.63, 3.8) is 0 Å². The number of anilines is 1. The van der Waals surface area contributed by atoms with Gasteiger partial charge >= 0.3 is 0 Å². The molecule has 1 fully saturated rings. The second-order valence-electron chi connectivity index (χ2n) is 13.8. The zero-order valence-electron chi connectivity index (χ0n) is 28.6. The number of benzene rings is 2. The molecule has 2 atom stereocenters. The van der Waals surface area contributed by atoms with Gasteiger partial charge in [-0.2, -0.15) is 5.10 Å². The molecule has 2 amide bonds. The molecule has 5 rings (SSSR count). The summed E-state index contributed by atoms with van der Waals surface area (Å²) in [5, 5.41) is 18.0. The van der Waals surface area contributed by atoms with Gasteiger partial charge in [-0.25, -0.2) is 4.68 Å². The number of rotatable bonds is 13. The first kappa shape index (κ1) is 34.8. The monoisotopic (exact) mass is 651 g/mol. The number of imide groups is 1. The van der Waals surface area contributed by atoms with Crippen molar-refractivity contribution in [2.45, 2.75) is 76.8 Å². The third kappa shape index (κ3) is 8.87. The van der Waals surface area contributed by atoms with Crippen molar-refractivity contribution in [3.05, 3.63) is 90.3 Å². The van der Waals surface area contributed by atoms with Gasteiger partial charge in [0.2, 0.25) is 11.8 Å². The maximum atomic E-state index is 13.6. The molecule has 10 heteroatoms. The molecule has 2 aromatic carbocycles. The molecule has 4 aromatic rings. The van der Waals surface area contributed by atoms with Gasteiger partial charge in [0.25, 0.3) is 0 Å². The number of phenols is 1. The quantitative estimate of drug-likeness (QED) is 0.161. The predicted octanol–water partition coefficient (Wildman–Crippen LogP) is 5.54. The van der Waals surface area contributed by atoms with Gasteiger partial charge in [-0.1, -0.05) is 45.0 Å². The normalized spacial score (nSPS) is 15.7. The first-order valence-corrected chi connectivity index (χ1v) is 16.9.